The Hall–Kier alpha value is -0.570. The smallest absolute Gasteiger partial charge is 0.314 e. The predicted octanol–water partition coefficient (Wildman–Crippen LogP) is 2.91. The number of rotatable bonds is 3. The minimum atomic E-state index is -0.913. The summed E-state index contributed by atoms with van der Waals surface area (Å²) in [5.74, 6) is 0.360. The van der Waals surface area contributed by atoms with Crippen molar-refractivity contribution in [1.29, 1.82) is 0 Å². The Morgan fingerprint density at radius 1 is 1.41 bits per heavy atom. The van der Waals surface area contributed by atoms with Gasteiger partial charge in [-0.15, -0.1) is 0 Å². The molecule has 0 aromatic carbocycles. The van der Waals surface area contributed by atoms with Crippen LogP contribution in [0.1, 0.15) is 59.8 Å². The number of esters is 1. The molecule has 3 heteroatoms. The van der Waals surface area contributed by atoms with Gasteiger partial charge in [-0.3, -0.25) is 4.79 Å². The summed E-state index contributed by atoms with van der Waals surface area (Å²) >= 11 is 0. The summed E-state index contributed by atoms with van der Waals surface area (Å²) in [6.45, 7) is 7.99. The average Bonchev–Trinajstić information content (AvgIpc) is 2.42. The highest BCUT2D eigenvalue weighted by Crippen LogP contribution is 2.43. The van der Waals surface area contributed by atoms with E-state index >= 15 is 0 Å². The van der Waals surface area contributed by atoms with Crippen molar-refractivity contribution in [2.24, 2.45) is 11.3 Å². The molecule has 100 valence electrons. The summed E-state index contributed by atoms with van der Waals surface area (Å²) in [6, 6.07) is 0. The zero-order chi connectivity index (χ0) is 13.1. The van der Waals surface area contributed by atoms with Gasteiger partial charge in [0.2, 0.25) is 0 Å². The molecule has 0 aromatic rings. The van der Waals surface area contributed by atoms with E-state index in [1.165, 1.54) is 0 Å². The monoisotopic (exact) mass is 242 g/mol. The summed E-state index contributed by atoms with van der Waals surface area (Å²) in [7, 11) is 0. The molecule has 1 N–H and O–H groups in total. The van der Waals surface area contributed by atoms with Crippen molar-refractivity contribution in [3.8, 4) is 0 Å². The molecule has 1 fully saturated rings. The first-order valence-corrected chi connectivity index (χ1v) is 6.73. The SMILES string of the molecule is CCOC(=O)C(C)(C)C1(O)CCCC(C)CC1. The van der Waals surface area contributed by atoms with Gasteiger partial charge in [-0.25, -0.2) is 0 Å². The molecule has 0 amide bonds. The van der Waals surface area contributed by atoms with E-state index in [0.29, 0.717) is 25.4 Å². The number of hydrogen-bond acceptors (Lipinski definition) is 3. The predicted molar refractivity (Wildman–Crippen MR) is 67.6 cm³/mol. The lowest BCUT2D eigenvalue weighted by molar-refractivity contribution is -0.172. The Labute approximate surface area is 105 Å². The fourth-order valence-electron chi connectivity index (χ4n) is 2.62. The van der Waals surface area contributed by atoms with Crippen molar-refractivity contribution in [1.82, 2.24) is 0 Å². The standard InChI is InChI=1S/C14H26O3/c1-5-17-12(15)13(3,4)14(16)9-6-7-11(2)8-10-14/h11,16H,5-10H2,1-4H3. The molecule has 0 radical (unpaired) electrons. The van der Waals surface area contributed by atoms with Crippen molar-refractivity contribution in [3.05, 3.63) is 0 Å². The zero-order valence-corrected chi connectivity index (χ0v) is 11.6. The Morgan fingerprint density at radius 3 is 2.65 bits per heavy atom. The quantitative estimate of drug-likeness (QED) is 0.611. The third-order valence-corrected chi connectivity index (χ3v) is 4.29. The molecular weight excluding hydrogens is 216 g/mol. The lowest BCUT2D eigenvalue weighted by Gasteiger charge is -2.40. The minimum absolute atomic E-state index is 0.281. The highest BCUT2D eigenvalue weighted by Gasteiger charge is 2.49. The van der Waals surface area contributed by atoms with Crippen LogP contribution < -0.4 is 0 Å². The third-order valence-electron chi connectivity index (χ3n) is 4.29. The molecule has 2 atom stereocenters. The average molecular weight is 242 g/mol. The van der Waals surface area contributed by atoms with E-state index in [-0.39, 0.29) is 5.97 Å². The van der Waals surface area contributed by atoms with Gasteiger partial charge in [0.1, 0.15) is 0 Å². The van der Waals surface area contributed by atoms with Gasteiger partial charge in [0, 0.05) is 0 Å². The normalized spacial score (nSPS) is 30.8. The Morgan fingerprint density at radius 2 is 2.06 bits per heavy atom. The second-order valence-corrected chi connectivity index (χ2v) is 5.91. The summed E-state index contributed by atoms with van der Waals surface area (Å²) in [4.78, 5) is 12.0. The largest absolute Gasteiger partial charge is 0.465 e. The van der Waals surface area contributed by atoms with Crippen molar-refractivity contribution in [3.63, 3.8) is 0 Å². The van der Waals surface area contributed by atoms with Crippen molar-refractivity contribution < 1.29 is 14.6 Å². The van der Waals surface area contributed by atoms with E-state index in [1.54, 1.807) is 20.8 Å². The molecule has 1 saturated carbocycles. The molecule has 0 heterocycles. The van der Waals surface area contributed by atoms with E-state index in [9.17, 15) is 9.90 Å². The Balaban J connectivity index is 2.83. The minimum Gasteiger partial charge on any atom is -0.465 e. The van der Waals surface area contributed by atoms with Gasteiger partial charge in [-0.1, -0.05) is 19.8 Å². The molecule has 1 rings (SSSR count). The molecule has 1 aliphatic carbocycles. The number of aliphatic hydroxyl groups is 1. The van der Waals surface area contributed by atoms with Crippen LogP contribution in [0.25, 0.3) is 0 Å². The van der Waals surface area contributed by atoms with E-state index in [1.807, 2.05) is 0 Å². The van der Waals surface area contributed by atoms with Crippen LogP contribution >= 0.6 is 0 Å². The van der Waals surface area contributed by atoms with Crippen LogP contribution in [0.4, 0.5) is 0 Å². The molecule has 17 heavy (non-hydrogen) atoms. The second-order valence-electron chi connectivity index (χ2n) is 5.91. The molecule has 0 aromatic heterocycles. The third kappa shape index (κ3) is 3.01. The first-order chi connectivity index (χ1) is 7.83. The number of carbonyl (C=O) groups is 1. The Bertz CT molecular complexity index is 273. The second kappa shape index (κ2) is 5.38. The van der Waals surface area contributed by atoms with Crippen LogP contribution in [0.15, 0.2) is 0 Å². The van der Waals surface area contributed by atoms with Gasteiger partial charge in [0.25, 0.3) is 0 Å². The molecule has 3 nitrogen and oxygen atoms in total. The van der Waals surface area contributed by atoms with Gasteiger partial charge < -0.3 is 9.84 Å². The summed E-state index contributed by atoms with van der Waals surface area (Å²) < 4.78 is 5.09. The van der Waals surface area contributed by atoms with Gasteiger partial charge in [-0.2, -0.15) is 0 Å². The van der Waals surface area contributed by atoms with Crippen LogP contribution in [0.3, 0.4) is 0 Å². The fraction of sp³-hybridized carbons (Fsp3) is 0.929. The van der Waals surface area contributed by atoms with Crippen LogP contribution in [0.2, 0.25) is 0 Å². The highest BCUT2D eigenvalue weighted by molar-refractivity contribution is 5.77. The van der Waals surface area contributed by atoms with Gasteiger partial charge in [0.05, 0.1) is 17.6 Å². The first-order valence-electron chi connectivity index (χ1n) is 6.73. The summed E-state index contributed by atoms with van der Waals surface area (Å²) in [6.07, 6.45) is 4.50. The van der Waals surface area contributed by atoms with Crippen LogP contribution in [-0.4, -0.2) is 23.3 Å². The molecule has 1 aliphatic rings. The van der Waals surface area contributed by atoms with E-state index in [4.69, 9.17) is 4.74 Å². The van der Waals surface area contributed by atoms with Gasteiger partial charge in [0.15, 0.2) is 0 Å². The molecule has 0 aliphatic heterocycles. The van der Waals surface area contributed by atoms with Crippen molar-refractivity contribution >= 4 is 5.97 Å². The van der Waals surface area contributed by atoms with Crippen LogP contribution in [-0.2, 0) is 9.53 Å². The van der Waals surface area contributed by atoms with E-state index in [2.05, 4.69) is 6.92 Å². The van der Waals surface area contributed by atoms with E-state index < -0.39 is 11.0 Å². The lowest BCUT2D eigenvalue weighted by Crippen LogP contribution is -2.50. The van der Waals surface area contributed by atoms with Gasteiger partial charge in [-0.05, 0) is 46.0 Å². The topological polar surface area (TPSA) is 46.5 Å². The zero-order valence-electron chi connectivity index (χ0n) is 11.6. The fourth-order valence-corrected chi connectivity index (χ4v) is 2.62. The molecular formula is C14H26O3. The molecule has 0 spiro atoms. The number of hydrogen-bond donors (Lipinski definition) is 1. The maximum Gasteiger partial charge on any atom is 0.314 e. The maximum absolute atomic E-state index is 12.0. The molecule has 0 bridgehead atoms. The van der Waals surface area contributed by atoms with Crippen LogP contribution in [0, 0.1) is 11.3 Å². The van der Waals surface area contributed by atoms with E-state index in [0.717, 1.165) is 19.3 Å². The maximum atomic E-state index is 12.0. The lowest BCUT2D eigenvalue weighted by atomic mass is 9.70. The van der Waals surface area contributed by atoms with Gasteiger partial charge >= 0.3 is 5.97 Å². The van der Waals surface area contributed by atoms with Crippen molar-refractivity contribution in [2.45, 2.75) is 65.4 Å². The van der Waals surface area contributed by atoms with Crippen molar-refractivity contribution in [2.75, 3.05) is 6.61 Å². The number of ether oxygens (including phenoxy) is 1. The summed E-state index contributed by atoms with van der Waals surface area (Å²) in [5, 5.41) is 10.8. The summed E-state index contributed by atoms with van der Waals surface area (Å²) in [5.41, 5.74) is -1.73. The first kappa shape index (κ1) is 14.5. The van der Waals surface area contributed by atoms with Crippen LogP contribution in [0.5, 0.6) is 0 Å². The molecule has 0 saturated heterocycles. The Kier molecular flexibility index (Phi) is 4.59. The molecule has 2 unspecified atom stereocenters. The highest BCUT2D eigenvalue weighted by atomic mass is 16.5. The number of carbonyl (C=O) groups excluding carboxylic acids is 1.